The van der Waals surface area contributed by atoms with Gasteiger partial charge in [-0.3, -0.25) is 4.79 Å². The van der Waals surface area contributed by atoms with Gasteiger partial charge in [-0.2, -0.15) is 4.31 Å². The summed E-state index contributed by atoms with van der Waals surface area (Å²) >= 11 is 13.1. The summed E-state index contributed by atoms with van der Waals surface area (Å²) in [6, 6.07) is 9.75. The van der Waals surface area contributed by atoms with Crippen molar-refractivity contribution in [2.75, 3.05) is 19.6 Å². The molecule has 210 valence electrons. The fourth-order valence-corrected chi connectivity index (χ4v) is 7.44. The molecular formula is C28H34Cl2N4O4S. The van der Waals surface area contributed by atoms with Crippen LogP contribution in [0.15, 0.2) is 41.3 Å². The van der Waals surface area contributed by atoms with Gasteiger partial charge in [-0.05, 0) is 75.9 Å². The number of unbranched alkanes of at least 4 members (excludes halogenated alkanes) is 2. The molecule has 0 aliphatic carbocycles. The number of benzene rings is 2. The van der Waals surface area contributed by atoms with Crippen molar-refractivity contribution in [2.24, 2.45) is 5.73 Å². The molecule has 0 saturated carbocycles. The Hall–Kier alpha value is -2.43. The Balaban J connectivity index is 1.56. The van der Waals surface area contributed by atoms with Crippen LogP contribution in [-0.2, 0) is 21.4 Å². The van der Waals surface area contributed by atoms with Gasteiger partial charge in [-0.1, -0.05) is 41.8 Å². The predicted octanol–water partition coefficient (Wildman–Crippen LogP) is 5.14. The molecular weight excluding hydrogens is 559 g/mol. The van der Waals surface area contributed by atoms with Crippen LogP contribution < -0.4 is 15.8 Å². The molecule has 1 aliphatic rings. The first-order valence-electron chi connectivity index (χ1n) is 13.1. The van der Waals surface area contributed by atoms with Crippen molar-refractivity contribution in [3.05, 3.63) is 63.3 Å². The number of hydrogen-bond acceptors (Lipinski definition) is 6. The van der Waals surface area contributed by atoms with E-state index < -0.39 is 16.1 Å². The molecule has 11 heteroatoms. The minimum absolute atomic E-state index is 0.0177. The normalized spacial score (nSPS) is 16.1. The molecule has 1 fully saturated rings. The van der Waals surface area contributed by atoms with Gasteiger partial charge in [0.05, 0.1) is 5.02 Å². The highest BCUT2D eigenvalue weighted by Crippen LogP contribution is 2.36. The van der Waals surface area contributed by atoms with Crippen LogP contribution in [0.25, 0.3) is 10.9 Å². The largest absolute Gasteiger partial charge is 0.487 e. The maximum absolute atomic E-state index is 13.7. The molecule has 39 heavy (non-hydrogen) atoms. The first kappa shape index (κ1) is 29.6. The molecule has 1 aliphatic heterocycles. The second kappa shape index (κ2) is 12.8. The minimum atomic E-state index is -4.07. The van der Waals surface area contributed by atoms with E-state index in [-0.39, 0.29) is 34.0 Å². The summed E-state index contributed by atoms with van der Waals surface area (Å²) in [4.78, 5) is 17.4. The lowest BCUT2D eigenvalue weighted by molar-refractivity contribution is -0.124. The summed E-state index contributed by atoms with van der Waals surface area (Å²) < 4.78 is 34.8. The van der Waals surface area contributed by atoms with Gasteiger partial charge in [0, 0.05) is 34.8 Å². The molecule has 2 aromatic carbocycles. The first-order valence-corrected chi connectivity index (χ1v) is 15.3. The Kier molecular flexibility index (Phi) is 9.72. The number of nitrogens with one attached hydrogen (secondary N) is 1. The Labute approximate surface area is 239 Å². The number of carbonyl (C=O) groups excluding carboxylic acids is 1. The van der Waals surface area contributed by atoms with Crippen molar-refractivity contribution >= 4 is 50.0 Å². The maximum atomic E-state index is 13.7. The maximum Gasteiger partial charge on any atom is 0.245 e. The third-order valence-electron chi connectivity index (χ3n) is 6.93. The fourth-order valence-electron chi connectivity index (χ4n) is 4.92. The van der Waals surface area contributed by atoms with Crippen molar-refractivity contribution < 1.29 is 17.9 Å². The summed E-state index contributed by atoms with van der Waals surface area (Å²) in [5, 5.41) is 4.10. The lowest BCUT2D eigenvalue weighted by atomic mass is 10.1. The Bertz CT molecular complexity index is 1470. The predicted molar refractivity (Wildman–Crippen MR) is 155 cm³/mol. The molecule has 1 saturated heterocycles. The van der Waals surface area contributed by atoms with E-state index in [1.807, 2.05) is 32.0 Å². The third-order valence-corrected chi connectivity index (χ3v) is 9.78. The van der Waals surface area contributed by atoms with E-state index in [1.165, 1.54) is 16.4 Å². The summed E-state index contributed by atoms with van der Waals surface area (Å²) in [7, 11) is -4.07. The van der Waals surface area contributed by atoms with Crippen LogP contribution in [0.1, 0.15) is 48.9 Å². The summed E-state index contributed by atoms with van der Waals surface area (Å²) in [6.45, 7) is 5.19. The molecule has 0 bridgehead atoms. The third kappa shape index (κ3) is 6.49. The number of ether oxygens (including phenoxy) is 1. The average Bonchev–Trinajstić information content (AvgIpc) is 3.40. The zero-order chi connectivity index (χ0) is 28.2. The molecule has 0 radical (unpaired) electrons. The van der Waals surface area contributed by atoms with Gasteiger partial charge in [-0.15, -0.1) is 0 Å². The highest BCUT2D eigenvalue weighted by atomic mass is 35.5. The topological polar surface area (TPSA) is 115 Å². The van der Waals surface area contributed by atoms with E-state index in [4.69, 9.17) is 33.7 Å². The molecule has 0 spiro atoms. The number of hydrogen-bond donors (Lipinski definition) is 2. The van der Waals surface area contributed by atoms with Gasteiger partial charge in [0.25, 0.3) is 0 Å². The van der Waals surface area contributed by atoms with Crippen molar-refractivity contribution in [2.45, 2.75) is 63.5 Å². The van der Waals surface area contributed by atoms with Crippen LogP contribution in [0.5, 0.6) is 5.75 Å². The second-order valence-corrected chi connectivity index (χ2v) is 12.4. The second-order valence-electron chi connectivity index (χ2n) is 9.77. The lowest BCUT2D eigenvalue weighted by Gasteiger charge is -2.24. The quantitative estimate of drug-likeness (QED) is 0.298. The number of pyridine rings is 1. The monoisotopic (exact) mass is 592 g/mol. The highest BCUT2D eigenvalue weighted by molar-refractivity contribution is 7.89. The van der Waals surface area contributed by atoms with Gasteiger partial charge >= 0.3 is 0 Å². The van der Waals surface area contributed by atoms with E-state index in [0.717, 1.165) is 35.9 Å². The standard InChI is InChI=1S/C28H34Cl2N4O4S/c1-18-16-19(2)33-27-20(18)8-6-10-24(27)38-17-21-22(29)11-12-25(26(21)30)39(36,37)34-15-7-9-23(34)28(35)32-14-5-3-4-13-31/h6,8,10-12,16,23H,3-5,7,9,13-15,17,31H2,1-2H3,(H,32,35). The molecule has 3 N–H and O–H groups in total. The molecule has 1 aromatic heterocycles. The molecule has 3 aromatic rings. The van der Waals surface area contributed by atoms with Gasteiger partial charge < -0.3 is 15.8 Å². The smallest absolute Gasteiger partial charge is 0.245 e. The number of fused-ring (bicyclic) bond motifs is 1. The molecule has 4 rings (SSSR count). The minimum Gasteiger partial charge on any atom is -0.487 e. The fraction of sp³-hybridized carbons (Fsp3) is 0.429. The van der Waals surface area contributed by atoms with Crippen LogP contribution >= 0.6 is 23.2 Å². The highest BCUT2D eigenvalue weighted by Gasteiger charge is 2.40. The van der Waals surface area contributed by atoms with E-state index >= 15 is 0 Å². The van der Waals surface area contributed by atoms with E-state index in [0.29, 0.717) is 42.8 Å². The summed E-state index contributed by atoms with van der Waals surface area (Å²) in [5.41, 5.74) is 8.51. The Morgan fingerprint density at radius 3 is 2.74 bits per heavy atom. The number of aromatic nitrogens is 1. The van der Waals surface area contributed by atoms with Crippen LogP contribution in [0, 0.1) is 13.8 Å². The SMILES string of the molecule is Cc1cc(C)c2cccc(OCc3c(Cl)ccc(S(=O)(=O)N4CCCC4C(=O)NCCCCCN)c3Cl)c2n1. The molecule has 8 nitrogen and oxygen atoms in total. The first-order chi connectivity index (χ1) is 18.6. The van der Waals surface area contributed by atoms with Gasteiger partial charge in [0.1, 0.15) is 28.8 Å². The van der Waals surface area contributed by atoms with Gasteiger partial charge in [0.15, 0.2) is 0 Å². The van der Waals surface area contributed by atoms with Crippen molar-refractivity contribution in [3.63, 3.8) is 0 Å². The Morgan fingerprint density at radius 2 is 1.97 bits per heavy atom. The van der Waals surface area contributed by atoms with Gasteiger partial charge in [-0.25, -0.2) is 13.4 Å². The molecule has 2 heterocycles. The van der Waals surface area contributed by atoms with Gasteiger partial charge in [0.2, 0.25) is 15.9 Å². The Morgan fingerprint density at radius 1 is 1.18 bits per heavy atom. The van der Waals surface area contributed by atoms with E-state index in [1.54, 1.807) is 6.07 Å². The zero-order valence-electron chi connectivity index (χ0n) is 22.2. The average molecular weight is 594 g/mol. The van der Waals surface area contributed by atoms with Crippen molar-refractivity contribution in [1.29, 1.82) is 0 Å². The number of nitrogens with zero attached hydrogens (tertiary/aromatic N) is 2. The number of para-hydroxylation sites is 1. The van der Waals surface area contributed by atoms with Crippen molar-refractivity contribution in [1.82, 2.24) is 14.6 Å². The number of sulfonamides is 1. The van der Waals surface area contributed by atoms with E-state index in [9.17, 15) is 13.2 Å². The molecule has 1 amide bonds. The lowest BCUT2D eigenvalue weighted by Crippen LogP contribution is -2.46. The number of carbonyl (C=O) groups is 1. The number of halogens is 2. The molecule has 1 atom stereocenters. The summed E-state index contributed by atoms with van der Waals surface area (Å²) in [5.74, 6) is 0.244. The molecule has 1 unspecified atom stereocenters. The number of rotatable bonds is 11. The number of nitrogens with two attached hydrogens (primary N) is 1. The number of amides is 1. The van der Waals surface area contributed by atoms with Crippen LogP contribution in [0.4, 0.5) is 0 Å². The zero-order valence-corrected chi connectivity index (χ0v) is 24.5. The van der Waals surface area contributed by atoms with Crippen LogP contribution in [0.3, 0.4) is 0 Å². The van der Waals surface area contributed by atoms with Crippen LogP contribution in [-0.4, -0.2) is 49.3 Å². The summed E-state index contributed by atoms with van der Waals surface area (Å²) in [6.07, 6.45) is 3.61. The van der Waals surface area contributed by atoms with Crippen molar-refractivity contribution in [3.8, 4) is 5.75 Å². The van der Waals surface area contributed by atoms with E-state index in [2.05, 4.69) is 10.3 Å². The number of aryl methyl sites for hydroxylation is 2. The van der Waals surface area contributed by atoms with Crippen LogP contribution in [0.2, 0.25) is 10.0 Å².